The van der Waals surface area contributed by atoms with Crippen LogP contribution in [0.1, 0.15) is 17.0 Å². The van der Waals surface area contributed by atoms with Crippen LogP contribution in [0.2, 0.25) is 0 Å². The van der Waals surface area contributed by atoms with Gasteiger partial charge in [0.15, 0.2) is 5.82 Å². The van der Waals surface area contributed by atoms with Gasteiger partial charge in [0, 0.05) is 53.4 Å². The summed E-state index contributed by atoms with van der Waals surface area (Å²) in [6.07, 6.45) is 0.805. The largest absolute Gasteiger partial charge is 0.497 e. The second-order valence-electron chi connectivity index (χ2n) is 6.03. The minimum Gasteiger partial charge on any atom is -0.497 e. The van der Waals surface area contributed by atoms with E-state index in [1.807, 2.05) is 31.2 Å². The zero-order valence-electron chi connectivity index (χ0n) is 13.6. The van der Waals surface area contributed by atoms with E-state index in [1.165, 1.54) is 5.69 Å². The Morgan fingerprint density at radius 1 is 1.38 bits per heavy atom. The van der Waals surface area contributed by atoms with Gasteiger partial charge in [-0.3, -0.25) is 10.4 Å². The molecule has 4 rings (SSSR count). The summed E-state index contributed by atoms with van der Waals surface area (Å²) in [6.45, 7) is 3.14. The first kappa shape index (κ1) is 14.6. The molecule has 2 amide bonds. The molecule has 1 aliphatic heterocycles. The van der Waals surface area contributed by atoms with Crippen molar-refractivity contribution in [2.45, 2.75) is 19.9 Å². The third-order valence-corrected chi connectivity index (χ3v) is 4.41. The van der Waals surface area contributed by atoms with Gasteiger partial charge in [0.25, 0.3) is 0 Å². The second-order valence-corrected chi connectivity index (χ2v) is 6.03. The zero-order chi connectivity index (χ0) is 16.7. The van der Waals surface area contributed by atoms with Crippen molar-refractivity contribution in [2.75, 3.05) is 19.0 Å². The number of hydrogen-bond acceptors (Lipinski definition) is 3. The lowest BCUT2D eigenvalue weighted by molar-refractivity contribution is 0.206. The number of benzene rings is 1. The summed E-state index contributed by atoms with van der Waals surface area (Å²) in [6, 6.07) is 7.65. The number of aromatic nitrogens is 3. The molecule has 3 aromatic rings. The van der Waals surface area contributed by atoms with Gasteiger partial charge in [-0.15, -0.1) is 0 Å². The standard InChI is InChI=1S/C17H19N5O2/c1-10-7-16(21-20-10)19-17(23)22-6-5-15-13(9-22)12-8-11(24-2)3-4-14(12)18-15/h3-4,7-8,18H,5-6,9H2,1-2H3,(H2,19,20,21,23). The monoisotopic (exact) mass is 325 g/mol. The van der Waals surface area contributed by atoms with Gasteiger partial charge in [-0.1, -0.05) is 0 Å². The van der Waals surface area contributed by atoms with Crippen LogP contribution in [0.5, 0.6) is 5.75 Å². The quantitative estimate of drug-likeness (QED) is 0.677. The lowest BCUT2D eigenvalue weighted by Gasteiger charge is -2.27. The second kappa shape index (κ2) is 5.59. The number of carbonyl (C=O) groups excluding carboxylic acids is 1. The molecule has 0 saturated heterocycles. The first-order valence-electron chi connectivity index (χ1n) is 7.89. The predicted molar refractivity (Wildman–Crippen MR) is 91.3 cm³/mol. The minimum absolute atomic E-state index is 0.135. The summed E-state index contributed by atoms with van der Waals surface area (Å²) in [5.41, 5.74) is 4.34. The van der Waals surface area contributed by atoms with Crippen LogP contribution < -0.4 is 10.1 Å². The van der Waals surface area contributed by atoms with Crippen LogP contribution in [-0.4, -0.2) is 39.8 Å². The topological polar surface area (TPSA) is 86.0 Å². The number of aromatic amines is 2. The highest BCUT2D eigenvalue weighted by atomic mass is 16.5. The van der Waals surface area contributed by atoms with Gasteiger partial charge in [0.1, 0.15) is 5.75 Å². The summed E-state index contributed by atoms with van der Waals surface area (Å²) < 4.78 is 5.32. The number of urea groups is 1. The van der Waals surface area contributed by atoms with E-state index >= 15 is 0 Å². The summed E-state index contributed by atoms with van der Waals surface area (Å²) >= 11 is 0. The molecule has 7 nitrogen and oxygen atoms in total. The van der Waals surface area contributed by atoms with Gasteiger partial charge in [-0.05, 0) is 25.1 Å². The fourth-order valence-electron chi connectivity index (χ4n) is 3.16. The lowest BCUT2D eigenvalue weighted by Crippen LogP contribution is -2.38. The highest BCUT2D eigenvalue weighted by Gasteiger charge is 2.24. The fourth-order valence-corrected chi connectivity index (χ4v) is 3.16. The molecule has 0 atom stereocenters. The number of ether oxygens (including phenoxy) is 1. The Morgan fingerprint density at radius 2 is 2.25 bits per heavy atom. The number of amides is 2. The smallest absolute Gasteiger partial charge is 0.323 e. The molecule has 1 aromatic carbocycles. The van der Waals surface area contributed by atoms with Crippen molar-refractivity contribution in [3.05, 3.63) is 41.2 Å². The molecular weight excluding hydrogens is 306 g/mol. The van der Waals surface area contributed by atoms with Crippen LogP contribution in [0, 0.1) is 6.92 Å². The fraction of sp³-hybridized carbons (Fsp3) is 0.294. The Hall–Kier alpha value is -2.96. The number of rotatable bonds is 2. The van der Waals surface area contributed by atoms with Crippen LogP contribution in [-0.2, 0) is 13.0 Å². The number of anilines is 1. The highest BCUT2D eigenvalue weighted by molar-refractivity contribution is 5.90. The van der Waals surface area contributed by atoms with Crippen LogP contribution >= 0.6 is 0 Å². The van der Waals surface area contributed by atoms with Crippen molar-refractivity contribution in [3.63, 3.8) is 0 Å². The van der Waals surface area contributed by atoms with Crippen molar-refractivity contribution >= 4 is 22.8 Å². The first-order valence-corrected chi connectivity index (χ1v) is 7.89. The van der Waals surface area contributed by atoms with Gasteiger partial charge in [0.2, 0.25) is 0 Å². The molecule has 24 heavy (non-hydrogen) atoms. The maximum Gasteiger partial charge on any atom is 0.323 e. The number of hydrogen-bond donors (Lipinski definition) is 3. The summed E-state index contributed by atoms with van der Waals surface area (Å²) in [5, 5.41) is 10.8. The summed E-state index contributed by atoms with van der Waals surface area (Å²) in [5.74, 6) is 1.36. The molecule has 1 aliphatic rings. The van der Waals surface area contributed by atoms with E-state index in [1.54, 1.807) is 12.0 Å². The van der Waals surface area contributed by atoms with Crippen LogP contribution in [0.25, 0.3) is 10.9 Å². The molecule has 0 aliphatic carbocycles. The van der Waals surface area contributed by atoms with E-state index in [-0.39, 0.29) is 6.03 Å². The van der Waals surface area contributed by atoms with E-state index in [9.17, 15) is 4.79 Å². The Morgan fingerprint density at radius 3 is 3.00 bits per heavy atom. The average Bonchev–Trinajstić information content (AvgIpc) is 3.16. The molecule has 0 spiro atoms. The molecule has 7 heteroatoms. The zero-order valence-corrected chi connectivity index (χ0v) is 13.6. The third kappa shape index (κ3) is 2.47. The van der Waals surface area contributed by atoms with Gasteiger partial charge in [-0.25, -0.2) is 4.79 Å². The van der Waals surface area contributed by atoms with E-state index in [0.717, 1.165) is 34.3 Å². The van der Waals surface area contributed by atoms with Crippen molar-refractivity contribution in [1.82, 2.24) is 20.1 Å². The lowest BCUT2D eigenvalue weighted by atomic mass is 10.0. The number of fused-ring (bicyclic) bond motifs is 3. The van der Waals surface area contributed by atoms with E-state index < -0.39 is 0 Å². The number of methoxy groups -OCH3 is 1. The number of H-pyrrole nitrogens is 2. The Bertz CT molecular complexity index is 911. The maximum absolute atomic E-state index is 12.5. The molecule has 0 saturated carbocycles. The normalized spacial score (nSPS) is 13.8. The van der Waals surface area contributed by atoms with E-state index in [4.69, 9.17) is 4.74 Å². The van der Waals surface area contributed by atoms with Crippen LogP contribution in [0.15, 0.2) is 24.3 Å². The van der Waals surface area contributed by atoms with Crippen molar-refractivity contribution < 1.29 is 9.53 Å². The molecule has 2 aromatic heterocycles. The van der Waals surface area contributed by atoms with Gasteiger partial charge in [-0.2, -0.15) is 5.10 Å². The molecule has 124 valence electrons. The minimum atomic E-state index is -0.135. The molecular formula is C17H19N5O2. The van der Waals surface area contributed by atoms with Gasteiger partial charge >= 0.3 is 6.03 Å². The Kier molecular flexibility index (Phi) is 3.41. The summed E-state index contributed by atoms with van der Waals surface area (Å²) in [4.78, 5) is 17.7. The summed E-state index contributed by atoms with van der Waals surface area (Å²) in [7, 11) is 1.66. The molecule has 0 unspecified atom stereocenters. The van der Waals surface area contributed by atoms with Crippen molar-refractivity contribution in [3.8, 4) is 5.75 Å². The highest BCUT2D eigenvalue weighted by Crippen LogP contribution is 2.30. The molecule has 3 N–H and O–H groups in total. The van der Waals surface area contributed by atoms with E-state index in [2.05, 4.69) is 20.5 Å². The first-order chi connectivity index (χ1) is 11.6. The molecule has 3 heterocycles. The Labute approximate surface area is 139 Å². The van der Waals surface area contributed by atoms with Crippen LogP contribution in [0.4, 0.5) is 10.6 Å². The molecule has 0 radical (unpaired) electrons. The Balaban J connectivity index is 1.59. The molecule has 0 fully saturated rings. The third-order valence-electron chi connectivity index (χ3n) is 4.41. The number of carbonyl (C=O) groups is 1. The van der Waals surface area contributed by atoms with Crippen LogP contribution in [0.3, 0.4) is 0 Å². The van der Waals surface area contributed by atoms with Gasteiger partial charge in [0.05, 0.1) is 7.11 Å². The predicted octanol–water partition coefficient (Wildman–Crippen LogP) is 2.80. The van der Waals surface area contributed by atoms with Crippen molar-refractivity contribution in [2.24, 2.45) is 0 Å². The molecule has 0 bridgehead atoms. The van der Waals surface area contributed by atoms with E-state index in [0.29, 0.717) is 18.9 Å². The SMILES string of the molecule is COc1ccc2[nH]c3c(c2c1)CN(C(=O)Nc1cc(C)[nH]n1)CC3. The number of nitrogens with one attached hydrogen (secondary N) is 3. The average molecular weight is 325 g/mol. The van der Waals surface area contributed by atoms with Crippen molar-refractivity contribution in [1.29, 1.82) is 0 Å². The number of aryl methyl sites for hydroxylation is 1. The van der Waals surface area contributed by atoms with Gasteiger partial charge < -0.3 is 14.6 Å². The number of nitrogens with zero attached hydrogens (tertiary/aromatic N) is 2. The maximum atomic E-state index is 12.5.